The summed E-state index contributed by atoms with van der Waals surface area (Å²) < 4.78 is 14.0. The summed E-state index contributed by atoms with van der Waals surface area (Å²) in [5.41, 5.74) is 8.18. The van der Waals surface area contributed by atoms with Gasteiger partial charge in [0.2, 0.25) is 0 Å². The summed E-state index contributed by atoms with van der Waals surface area (Å²) in [5, 5.41) is 2.30. The first-order valence-electron chi connectivity index (χ1n) is 6.34. The molecule has 3 aromatic rings. The molecule has 0 aliphatic rings. The van der Waals surface area contributed by atoms with Crippen molar-refractivity contribution in [3.05, 3.63) is 82.1 Å². The Hall–Kier alpha value is -1.71. The molecule has 0 aliphatic carbocycles. The SMILES string of the molecule is NC(c1ccc(F)cc1)c1ccc2cc(Br)ccc2c1. The number of benzene rings is 3. The van der Waals surface area contributed by atoms with Crippen LogP contribution in [0.5, 0.6) is 0 Å². The van der Waals surface area contributed by atoms with Crippen LogP contribution in [0.3, 0.4) is 0 Å². The lowest BCUT2D eigenvalue weighted by Gasteiger charge is -2.13. The Kier molecular flexibility index (Phi) is 3.55. The second-order valence-electron chi connectivity index (χ2n) is 4.78. The lowest BCUT2D eigenvalue weighted by atomic mass is 9.97. The van der Waals surface area contributed by atoms with E-state index in [1.807, 2.05) is 12.1 Å². The van der Waals surface area contributed by atoms with E-state index in [0.29, 0.717) is 0 Å². The highest BCUT2D eigenvalue weighted by Crippen LogP contribution is 2.25. The van der Waals surface area contributed by atoms with Crippen molar-refractivity contribution in [2.24, 2.45) is 5.73 Å². The van der Waals surface area contributed by atoms with Gasteiger partial charge in [0.1, 0.15) is 5.82 Å². The van der Waals surface area contributed by atoms with Crippen molar-refractivity contribution >= 4 is 26.7 Å². The van der Waals surface area contributed by atoms with Crippen molar-refractivity contribution < 1.29 is 4.39 Å². The molecule has 0 aliphatic heterocycles. The molecule has 0 radical (unpaired) electrons. The fourth-order valence-electron chi connectivity index (χ4n) is 2.29. The van der Waals surface area contributed by atoms with Crippen LogP contribution in [-0.2, 0) is 0 Å². The largest absolute Gasteiger partial charge is 0.320 e. The van der Waals surface area contributed by atoms with Gasteiger partial charge in [0.25, 0.3) is 0 Å². The molecular formula is C17H13BrFN. The molecule has 1 unspecified atom stereocenters. The van der Waals surface area contributed by atoms with Crippen LogP contribution in [0.2, 0.25) is 0 Å². The molecule has 3 aromatic carbocycles. The Morgan fingerprint density at radius 2 is 1.40 bits per heavy atom. The molecular weight excluding hydrogens is 317 g/mol. The molecule has 0 saturated carbocycles. The third kappa shape index (κ3) is 2.60. The Morgan fingerprint density at radius 3 is 2.15 bits per heavy atom. The molecule has 0 heterocycles. The van der Waals surface area contributed by atoms with E-state index < -0.39 is 0 Å². The van der Waals surface area contributed by atoms with E-state index in [1.165, 1.54) is 12.1 Å². The maximum absolute atomic E-state index is 13.0. The number of rotatable bonds is 2. The summed E-state index contributed by atoms with van der Waals surface area (Å²) in [6, 6.07) is 18.4. The average molecular weight is 330 g/mol. The van der Waals surface area contributed by atoms with Gasteiger partial charge in [-0.1, -0.05) is 46.3 Å². The van der Waals surface area contributed by atoms with Crippen LogP contribution in [-0.4, -0.2) is 0 Å². The summed E-state index contributed by atoms with van der Waals surface area (Å²) in [4.78, 5) is 0. The van der Waals surface area contributed by atoms with Gasteiger partial charge in [0.15, 0.2) is 0 Å². The van der Waals surface area contributed by atoms with E-state index in [1.54, 1.807) is 12.1 Å². The van der Waals surface area contributed by atoms with Gasteiger partial charge in [0.05, 0.1) is 6.04 Å². The monoisotopic (exact) mass is 329 g/mol. The summed E-state index contributed by atoms with van der Waals surface area (Å²) in [5.74, 6) is -0.246. The van der Waals surface area contributed by atoms with Gasteiger partial charge in [-0.2, -0.15) is 0 Å². The molecule has 0 amide bonds. The van der Waals surface area contributed by atoms with Crippen LogP contribution >= 0.6 is 15.9 Å². The highest BCUT2D eigenvalue weighted by Gasteiger charge is 2.09. The van der Waals surface area contributed by atoms with Gasteiger partial charge < -0.3 is 5.73 Å². The maximum atomic E-state index is 13.0. The minimum absolute atomic E-state index is 0.246. The first kappa shape index (κ1) is 13.3. The predicted molar refractivity (Wildman–Crippen MR) is 84.1 cm³/mol. The van der Waals surface area contributed by atoms with Gasteiger partial charge >= 0.3 is 0 Å². The van der Waals surface area contributed by atoms with Gasteiger partial charge in [-0.25, -0.2) is 4.39 Å². The highest BCUT2D eigenvalue weighted by atomic mass is 79.9. The van der Waals surface area contributed by atoms with Gasteiger partial charge in [-0.15, -0.1) is 0 Å². The van der Waals surface area contributed by atoms with Crippen molar-refractivity contribution in [2.75, 3.05) is 0 Å². The molecule has 0 saturated heterocycles. The van der Waals surface area contributed by atoms with E-state index in [-0.39, 0.29) is 11.9 Å². The summed E-state index contributed by atoms with van der Waals surface area (Å²) in [6.07, 6.45) is 0. The fourth-order valence-corrected chi connectivity index (χ4v) is 2.67. The van der Waals surface area contributed by atoms with Crippen molar-refractivity contribution in [1.29, 1.82) is 0 Å². The lowest BCUT2D eigenvalue weighted by molar-refractivity contribution is 0.626. The van der Waals surface area contributed by atoms with Crippen molar-refractivity contribution in [2.45, 2.75) is 6.04 Å². The third-order valence-corrected chi connectivity index (χ3v) is 3.91. The Morgan fingerprint density at radius 1 is 0.800 bits per heavy atom. The van der Waals surface area contributed by atoms with Crippen LogP contribution in [0.25, 0.3) is 10.8 Å². The number of fused-ring (bicyclic) bond motifs is 1. The Labute approximate surface area is 125 Å². The first-order chi connectivity index (χ1) is 9.63. The normalized spacial score (nSPS) is 12.6. The smallest absolute Gasteiger partial charge is 0.123 e. The zero-order chi connectivity index (χ0) is 14.1. The molecule has 0 aromatic heterocycles. The Bertz CT molecular complexity index is 753. The van der Waals surface area contributed by atoms with E-state index in [4.69, 9.17) is 5.73 Å². The maximum Gasteiger partial charge on any atom is 0.123 e. The number of hydrogen-bond donors (Lipinski definition) is 1. The molecule has 0 bridgehead atoms. The van der Waals surface area contributed by atoms with Gasteiger partial charge in [-0.3, -0.25) is 0 Å². The minimum Gasteiger partial charge on any atom is -0.320 e. The summed E-state index contributed by atoms with van der Waals surface area (Å²) >= 11 is 3.46. The number of nitrogens with two attached hydrogens (primary N) is 1. The van der Waals surface area contributed by atoms with E-state index >= 15 is 0 Å². The highest BCUT2D eigenvalue weighted by molar-refractivity contribution is 9.10. The zero-order valence-electron chi connectivity index (χ0n) is 10.7. The average Bonchev–Trinajstić information content (AvgIpc) is 2.47. The topological polar surface area (TPSA) is 26.0 Å². The van der Waals surface area contributed by atoms with Crippen molar-refractivity contribution in [3.63, 3.8) is 0 Å². The van der Waals surface area contributed by atoms with Crippen LogP contribution in [0.4, 0.5) is 4.39 Å². The molecule has 3 rings (SSSR count). The van der Waals surface area contributed by atoms with Crippen molar-refractivity contribution in [3.8, 4) is 0 Å². The molecule has 2 N–H and O–H groups in total. The zero-order valence-corrected chi connectivity index (χ0v) is 12.3. The van der Waals surface area contributed by atoms with Crippen LogP contribution in [0.15, 0.2) is 65.1 Å². The predicted octanol–water partition coefficient (Wildman–Crippen LogP) is 4.79. The van der Waals surface area contributed by atoms with Gasteiger partial charge in [0, 0.05) is 4.47 Å². The van der Waals surface area contributed by atoms with Crippen LogP contribution in [0.1, 0.15) is 17.2 Å². The van der Waals surface area contributed by atoms with E-state index in [2.05, 4.69) is 40.2 Å². The van der Waals surface area contributed by atoms with Crippen LogP contribution < -0.4 is 5.73 Å². The molecule has 1 atom stereocenters. The van der Waals surface area contributed by atoms with Crippen LogP contribution in [0, 0.1) is 5.82 Å². The van der Waals surface area contributed by atoms with E-state index in [9.17, 15) is 4.39 Å². The molecule has 0 fully saturated rings. The Balaban J connectivity index is 2.01. The molecule has 20 heavy (non-hydrogen) atoms. The number of halogens is 2. The molecule has 0 spiro atoms. The quantitative estimate of drug-likeness (QED) is 0.718. The summed E-state index contributed by atoms with van der Waals surface area (Å²) in [6.45, 7) is 0. The fraction of sp³-hybridized carbons (Fsp3) is 0.0588. The van der Waals surface area contributed by atoms with Gasteiger partial charge in [-0.05, 0) is 52.2 Å². The minimum atomic E-state index is -0.247. The molecule has 3 heteroatoms. The second kappa shape index (κ2) is 5.35. The standard InChI is InChI=1S/C17H13BrFN/c18-15-6-3-12-9-14(2-1-13(12)10-15)17(20)11-4-7-16(19)8-5-11/h1-10,17H,20H2. The first-order valence-corrected chi connectivity index (χ1v) is 7.13. The lowest BCUT2D eigenvalue weighted by Crippen LogP contribution is -2.11. The number of hydrogen-bond acceptors (Lipinski definition) is 1. The second-order valence-corrected chi connectivity index (χ2v) is 5.70. The summed E-state index contributed by atoms with van der Waals surface area (Å²) in [7, 11) is 0. The molecule has 1 nitrogen and oxygen atoms in total. The molecule has 100 valence electrons. The third-order valence-electron chi connectivity index (χ3n) is 3.41. The van der Waals surface area contributed by atoms with Crippen molar-refractivity contribution in [1.82, 2.24) is 0 Å². The van der Waals surface area contributed by atoms with E-state index in [0.717, 1.165) is 26.4 Å².